The van der Waals surface area contributed by atoms with Gasteiger partial charge in [-0.15, -0.1) is 0 Å². The molecular formula is C57H54N2. The maximum absolute atomic E-state index is 5.38. The molecule has 8 aromatic carbocycles. The van der Waals surface area contributed by atoms with Crippen molar-refractivity contribution in [3.05, 3.63) is 215 Å². The van der Waals surface area contributed by atoms with Crippen LogP contribution in [0.5, 0.6) is 0 Å². The number of benzene rings is 8. The summed E-state index contributed by atoms with van der Waals surface area (Å²) in [6.07, 6.45) is 7.49. The molecule has 0 amide bonds. The van der Waals surface area contributed by atoms with Gasteiger partial charge in [0.2, 0.25) is 0 Å². The van der Waals surface area contributed by atoms with Gasteiger partial charge in [-0.3, -0.25) is 0 Å². The van der Waals surface area contributed by atoms with Gasteiger partial charge in [0, 0.05) is 22.4 Å². The van der Waals surface area contributed by atoms with Gasteiger partial charge in [0.15, 0.2) is 5.84 Å². The fraction of sp³-hybridized carbons (Fsp3) is 0.158. The topological polar surface area (TPSA) is 24.7 Å². The first kappa shape index (κ1) is 40.6. The number of hydrogen-bond donors (Lipinski definition) is 0. The summed E-state index contributed by atoms with van der Waals surface area (Å²) in [5.41, 5.74) is 13.7. The second-order valence-electron chi connectivity index (χ2n) is 14.5. The number of nitrogens with zero attached hydrogens (tertiary/aromatic N) is 2. The Kier molecular flexibility index (Phi) is 12.9. The number of hydrogen-bond acceptors (Lipinski definition) is 1. The predicted molar refractivity (Wildman–Crippen MR) is 259 cm³/mol. The summed E-state index contributed by atoms with van der Waals surface area (Å²) in [4.78, 5) is 10.6. The maximum Gasteiger partial charge on any atom is 0.160 e. The van der Waals surface area contributed by atoms with Crippen molar-refractivity contribution in [2.75, 3.05) is 0 Å². The third-order valence-corrected chi connectivity index (χ3v) is 11.1. The van der Waals surface area contributed by atoms with Crippen molar-refractivity contribution in [3.8, 4) is 11.1 Å². The van der Waals surface area contributed by atoms with Crippen LogP contribution in [0.4, 0.5) is 0 Å². The van der Waals surface area contributed by atoms with Gasteiger partial charge in [-0.2, -0.15) is 0 Å². The first-order valence-corrected chi connectivity index (χ1v) is 21.2. The maximum atomic E-state index is 5.38. The Bertz CT molecular complexity index is 2870. The summed E-state index contributed by atoms with van der Waals surface area (Å²) in [6.45, 7) is 16.9. The monoisotopic (exact) mass is 766 g/mol. The molecule has 292 valence electrons. The Hall–Kier alpha value is -6.64. The van der Waals surface area contributed by atoms with Gasteiger partial charge in [0.25, 0.3) is 0 Å². The van der Waals surface area contributed by atoms with Crippen LogP contribution in [0.15, 0.2) is 180 Å². The highest BCUT2D eigenvalue weighted by Crippen LogP contribution is 2.41. The van der Waals surface area contributed by atoms with Gasteiger partial charge >= 0.3 is 0 Å². The first-order valence-electron chi connectivity index (χ1n) is 21.2. The molecule has 0 fully saturated rings. The van der Waals surface area contributed by atoms with Crippen LogP contribution >= 0.6 is 0 Å². The lowest BCUT2D eigenvalue weighted by Gasteiger charge is -2.21. The number of rotatable bonds is 7. The predicted octanol–water partition coefficient (Wildman–Crippen LogP) is 15.7. The van der Waals surface area contributed by atoms with E-state index in [1.807, 2.05) is 45.9 Å². The van der Waals surface area contributed by atoms with E-state index >= 15 is 0 Å². The quantitative estimate of drug-likeness (QED) is 0.0877. The van der Waals surface area contributed by atoms with E-state index in [4.69, 9.17) is 9.98 Å². The summed E-state index contributed by atoms with van der Waals surface area (Å²) in [5, 5.41) is 7.68. The number of aliphatic imine (C=N–C) groups is 2. The summed E-state index contributed by atoms with van der Waals surface area (Å²) in [5.74, 6) is 0.642. The van der Waals surface area contributed by atoms with E-state index in [9.17, 15) is 0 Å². The van der Waals surface area contributed by atoms with Crippen molar-refractivity contribution >= 4 is 55.6 Å². The van der Waals surface area contributed by atoms with E-state index in [0.29, 0.717) is 11.5 Å². The Morgan fingerprint density at radius 2 is 1.15 bits per heavy atom. The third-order valence-electron chi connectivity index (χ3n) is 11.1. The van der Waals surface area contributed by atoms with Gasteiger partial charge in [0.05, 0.1) is 5.70 Å². The second kappa shape index (κ2) is 18.7. The lowest BCUT2D eigenvalue weighted by Crippen LogP contribution is -2.06. The molecule has 0 atom stereocenters. The van der Waals surface area contributed by atoms with Crippen LogP contribution in [0.1, 0.15) is 85.5 Å². The van der Waals surface area contributed by atoms with Crippen molar-refractivity contribution in [2.24, 2.45) is 9.98 Å². The minimum absolute atomic E-state index is 0.642. The average molecular weight is 767 g/mol. The van der Waals surface area contributed by atoms with Crippen LogP contribution in [0.2, 0.25) is 0 Å². The van der Waals surface area contributed by atoms with Crippen LogP contribution in [0.25, 0.3) is 55.2 Å². The number of aryl methyl sites for hydroxylation is 2. The van der Waals surface area contributed by atoms with Crippen molar-refractivity contribution < 1.29 is 0 Å². The third kappa shape index (κ3) is 8.22. The molecule has 2 heteroatoms. The van der Waals surface area contributed by atoms with Crippen LogP contribution < -0.4 is 0 Å². The summed E-state index contributed by atoms with van der Waals surface area (Å²) in [7, 11) is 0. The molecule has 0 unspecified atom stereocenters. The first-order chi connectivity index (χ1) is 29.0. The van der Waals surface area contributed by atoms with Gasteiger partial charge in [0.1, 0.15) is 0 Å². The van der Waals surface area contributed by atoms with Gasteiger partial charge < -0.3 is 0 Å². The van der Waals surface area contributed by atoms with E-state index in [1.165, 1.54) is 71.3 Å². The van der Waals surface area contributed by atoms with Crippen molar-refractivity contribution in [2.45, 2.75) is 60.8 Å². The molecule has 0 radical (unpaired) electrons. The summed E-state index contributed by atoms with van der Waals surface area (Å²) >= 11 is 0. The number of fused-ring (bicyclic) bond motifs is 8. The van der Waals surface area contributed by atoms with Crippen molar-refractivity contribution in [1.29, 1.82) is 0 Å². The van der Waals surface area contributed by atoms with E-state index in [0.717, 1.165) is 41.7 Å². The zero-order valence-corrected chi connectivity index (χ0v) is 35.4. The molecule has 0 N–H and O–H groups in total. The largest absolute Gasteiger partial charge is 0.233 e. The molecule has 0 bridgehead atoms. The van der Waals surface area contributed by atoms with E-state index in [2.05, 4.69) is 172 Å². The molecule has 1 aliphatic carbocycles. The minimum atomic E-state index is 0.642. The molecule has 0 aromatic heterocycles. The highest BCUT2D eigenvalue weighted by molar-refractivity contribution is 6.27. The molecule has 0 saturated carbocycles. The molecule has 8 aromatic rings. The van der Waals surface area contributed by atoms with Gasteiger partial charge in [-0.1, -0.05) is 198 Å². The van der Waals surface area contributed by atoms with Gasteiger partial charge in [-0.25, -0.2) is 9.98 Å². The molecule has 59 heavy (non-hydrogen) atoms. The average Bonchev–Trinajstić information content (AvgIpc) is 3.30. The molecule has 0 aliphatic heterocycles. The molecule has 0 spiro atoms. The zero-order chi connectivity index (χ0) is 41.3. The van der Waals surface area contributed by atoms with Crippen molar-refractivity contribution in [3.63, 3.8) is 0 Å². The molecular weight excluding hydrogens is 713 g/mol. The Labute approximate surface area is 351 Å². The summed E-state index contributed by atoms with van der Waals surface area (Å²) in [6, 6.07) is 56.2. The van der Waals surface area contributed by atoms with Crippen LogP contribution in [0.3, 0.4) is 0 Å². The summed E-state index contributed by atoms with van der Waals surface area (Å²) < 4.78 is 0. The van der Waals surface area contributed by atoms with Crippen molar-refractivity contribution in [1.82, 2.24) is 0 Å². The fourth-order valence-electron chi connectivity index (χ4n) is 8.46. The number of allylic oxidation sites excluding steroid dienone is 1. The lowest BCUT2D eigenvalue weighted by atomic mass is 9.83. The second-order valence-corrected chi connectivity index (χ2v) is 14.5. The Morgan fingerprint density at radius 1 is 0.559 bits per heavy atom. The highest BCUT2D eigenvalue weighted by Gasteiger charge is 2.20. The van der Waals surface area contributed by atoms with Crippen LogP contribution in [-0.2, 0) is 12.8 Å². The molecule has 1 aliphatic rings. The fourth-order valence-corrected chi connectivity index (χ4v) is 8.46. The van der Waals surface area contributed by atoms with E-state index in [1.54, 1.807) is 0 Å². The Balaban J connectivity index is 0.00000128. The normalized spacial score (nSPS) is 12.4. The lowest BCUT2D eigenvalue weighted by molar-refractivity contribution is 1.00. The van der Waals surface area contributed by atoms with E-state index in [-0.39, 0.29) is 0 Å². The Morgan fingerprint density at radius 3 is 1.90 bits per heavy atom. The molecule has 9 rings (SSSR count). The highest BCUT2D eigenvalue weighted by atomic mass is 14.9. The van der Waals surface area contributed by atoms with E-state index < -0.39 is 0 Å². The SMILES string of the molecule is C=C(N=C(N=C(C)c1cc2c3ccccc3c3c(c2c2ccccc12)CCC=C3)c1ccccc1)c1ccccc1Cc1ccccc1-c1ccccc1C.CC.CC. The molecule has 0 heterocycles. The molecule has 0 saturated heterocycles. The van der Waals surface area contributed by atoms with Gasteiger partial charge in [-0.05, 0) is 110 Å². The van der Waals surface area contributed by atoms with Crippen LogP contribution in [-0.4, -0.2) is 11.5 Å². The standard InChI is InChI=1S/C53H42N2.2C2H6/c1-35-19-7-10-24-41(35)43-26-12-9-23-40(43)33-39-22-8-11-25-42(39)36(2)54-53(38-20-5-4-6-21-38)55-37(3)50-34-51-46-29-14-13-27-44(46)45-28-15-17-31-48(45)52(51)49-32-18-16-30-47(49)50;2*1-2/h4-16,18-30,32,34H,2,17,31,33H2,1,3H3;2*1-2H3. The zero-order valence-electron chi connectivity index (χ0n) is 35.4. The smallest absolute Gasteiger partial charge is 0.160 e. The molecule has 2 nitrogen and oxygen atoms in total. The van der Waals surface area contributed by atoms with Crippen LogP contribution in [0, 0.1) is 6.92 Å². The minimum Gasteiger partial charge on any atom is -0.233 e. The number of amidine groups is 1.